The van der Waals surface area contributed by atoms with Gasteiger partial charge in [-0.1, -0.05) is 0 Å². The number of benzene rings is 1. The molecule has 2 aliphatic rings. The molecule has 0 unspecified atom stereocenters. The molecule has 2 aromatic rings. The lowest BCUT2D eigenvalue weighted by molar-refractivity contribution is 0.0767. The second kappa shape index (κ2) is 7.36. The highest BCUT2D eigenvalue weighted by Crippen LogP contribution is 2.26. The van der Waals surface area contributed by atoms with Crippen LogP contribution < -0.4 is 9.64 Å². The Bertz CT molecular complexity index is 806. The minimum atomic E-state index is 0.131. The third kappa shape index (κ3) is 3.39. The molecule has 1 aromatic heterocycles. The number of anilines is 1. The van der Waals surface area contributed by atoms with Crippen molar-refractivity contribution in [2.75, 3.05) is 37.7 Å². The Morgan fingerprint density at radius 1 is 1.12 bits per heavy atom. The number of pyridine rings is 1. The molecule has 0 bridgehead atoms. The number of fused-ring (bicyclic) bond motifs is 1. The Labute approximate surface area is 154 Å². The van der Waals surface area contributed by atoms with Crippen molar-refractivity contribution >= 4 is 11.6 Å². The molecule has 0 saturated carbocycles. The largest absolute Gasteiger partial charge is 0.493 e. The van der Waals surface area contributed by atoms with Gasteiger partial charge < -0.3 is 14.5 Å². The van der Waals surface area contributed by atoms with E-state index in [0.29, 0.717) is 0 Å². The second-order valence-corrected chi connectivity index (χ2v) is 7.07. The minimum absolute atomic E-state index is 0.131. The van der Waals surface area contributed by atoms with Crippen LogP contribution in [0.4, 0.5) is 5.69 Å². The molecule has 1 saturated heterocycles. The van der Waals surface area contributed by atoms with E-state index in [-0.39, 0.29) is 5.91 Å². The number of carbonyl (C=O) groups excluding carboxylic acids is 1. The highest BCUT2D eigenvalue weighted by Gasteiger charge is 2.22. The number of hydrogen-bond donors (Lipinski definition) is 0. The number of rotatable bonds is 2. The van der Waals surface area contributed by atoms with Crippen molar-refractivity contribution < 1.29 is 9.53 Å². The molecule has 26 heavy (non-hydrogen) atoms. The SMILES string of the molecule is Cc1cnccc1N1CCCN(C(=O)c2ccc3c(c2)CCCO3)CC1. The maximum atomic E-state index is 13.0. The zero-order valence-corrected chi connectivity index (χ0v) is 15.3. The lowest BCUT2D eigenvalue weighted by Gasteiger charge is -2.25. The van der Waals surface area contributed by atoms with Crippen LogP contribution in [0.2, 0.25) is 0 Å². The predicted octanol–water partition coefficient (Wildman–Crippen LogP) is 3.07. The molecule has 1 fully saturated rings. The number of aryl methyl sites for hydroxylation is 2. The molecule has 2 aliphatic heterocycles. The Balaban J connectivity index is 1.47. The molecule has 0 spiro atoms. The van der Waals surface area contributed by atoms with Crippen LogP contribution in [0.1, 0.15) is 34.3 Å². The van der Waals surface area contributed by atoms with E-state index >= 15 is 0 Å². The Hall–Kier alpha value is -2.56. The summed E-state index contributed by atoms with van der Waals surface area (Å²) in [6.45, 7) is 6.22. The number of aromatic nitrogens is 1. The molecule has 5 nitrogen and oxygen atoms in total. The van der Waals surface area contributed by atoms with Gasteiger partial charge >= 0.3 is 0 Å². The van der Waals surface area contributed by atoms with E-state index in [1.807, 2.05) is 35.5 Å². The van der Waals surface area contributed by atoms with E-state index in [9.17, 15) is 4.79 Å². The van der Waals surface area contributed by atoms with Gasteiger partial charge in [0, 0.05) is 49.8 Å². The van der Waals surface area contributed by atoms with Crippen LogP contribution in [-0.2, 0) is 6.42 Å². The quantitative estimate of drug-likeness (QED) is 0.834. The molecule has 136 valence electrons. The lowest BCUT2D eigenvalue weighted by atomic mass is 10.0. The predicted molar refractivity (Wildman–Crippen MR) is 102 cm³/mol. The summed E-state index contributed by atoms with van der Waals surface area (Å²) in [5.41, 5.74) is 4.34. The first kappa shape index (κ1) is 16.9. The molecule has 0 N–H and O–H groups in total. The van der Waals surface area contributed by atoms with Crippen molar-refractivity contribution in [1.29, 1.82) is 0 Å². The van der Waals surface area contributed by atoms with Gasteiger partial charge in [0.2, 0.25) is 0 Å². The van der Waals surface area contributed by atoms with E-state index in [1.54, 1.807) is 0 Å². The average Bonchev–Trinajstić information content (AvgIpc) is 2.93. The molecule has 0 aliphatic carbocycles. The molecule has 0 radical (unpaired) electrons. The van der Waals surface area contributed by atoms with Crippen LogP contribution in [0.5, 0.6) is 5.75 Å². The highest BCUT2D eigenvalue weighted by molar-refractivity contribution is 5.94. The van der Waals surface area contributed by atoms with Crippen molar-refractivity contribution in [3.05, 3.63) is 53.3 Å². The zero-order chi connectivity index (χ0) is 17.9. The van der Waals surface area contributed by atoms with Gasteiger partial charge in [-0.25, -0.2) is 0 Å². The number of amides is 1. The molecule has 5 heteroatoms. The molecule has 1 amide bonds. The van der Waals surface area contributed by atoms with E-state index < -0.39 is 0 Å². The smallest absolute Gasteiger partial charge is 0.253 e. The monoisotopic (exact) mass is 351 g/mol. The van der Waals surface area contributed by atoms with Crippen molar-refractivity contribution in [2.24, 2.45) is 0 Å². The number of hydrogen-bond acceptors (Lipinski definition) is 4. The van der Waals surface area contributed by atoms with Gasteiger partial charge in [-0.2, -0.15) is 0 Å². The van der Waals surface area contributed by atoms with Crippen LogP contribution >= 0.6 is 0 Å². The summed E-state index contributed by atoms with van der Waals surface area (Å²) < 4.78 is 5.66. The molecule has 3 heterocycles. The Kier molecular flexibility index (Phi) is 4.78. The van der Waals surface area contributed by atoms with Gasteiger partial charge in [0.25, 0.3) is 5.91 Å². The topological polar surface area (TPSA) is 45.7 Å². The summed E-state index contributed by atoms with van der Waals surface area (Å²) in [6, 6.07) is 7.94. The lowest BCUT2D eigenvalue weighted by Crippen LogP contribution is -2.35. The maximum absolute atomic E-state index is 13.0. The van der Waals surface area contributed by atoms with E-state index in [0.717, 1.165) is 68.9 Å². The first-order valence-corrected chi connectivity index (χ1v) is 9.43. The third-order valence-electron chi connectivity index (χ3n) is 5.27. The van der Waals surface area contributed by atoms with Crippen LogP contribution in [0, 0.1) is 6.92 Å². The molecule has 0 atom stereocenters. The first-order valence-electron chi connectivity index (χ1n) is 9.43. The number of ether oxygens (including phenoxy) is 1. The Morgan fingerprint density at radius 2 is 2.04 bits per heavy atom. The summed E-state index contributed by atoms with van der Waals surface area (Å²) in [5, 5.41) is 0. The first-order chi connectivity index (χ1) is 12.7. The van der Waals surface area contributed by atoms with Gasteiger partial charge in [-0.05, 0) is 61.6 Å². The fourth-order valence-corrected chi connectivity index (χ4v) is 3.86. The standard InChI is InChI=1S/C21H25N3O2/c1-16-15-22-8-7-19(16)23-9-3-10-24(12-11-23)21(25)18-5-6-20-17(14-18)4-2-13-26-20/h5-8,14-15H,2-4,9-13H2,1H3. The molecule has 4 rings (SSSR count). The van der Waals surface area contributed by atoms with Gasteiger partial charge in [0.05, 0.1) is 6.61 Å². The van der Waals surface area contributed by atoms with E-state index in [1.165, 1.54) is 11.3 Å². The summed E-state index contributed by atoms with van der Waals surface area (Å²) >= 11 is 0. The maximum Gasteiger partial charge on any atom is 0.253 e. The van der Waals surface area contributed by atoms with Crippen LogP contribution in [-0.4, -0.2) is 48.6 Å². The summed E-state index contributed by atoms with van der Waals surface area (Å²) in [7, 11) is 0. The van der Waals surface area contributed by atoms with Gasteiger partial charge in [-0.3, -0.25) is 9.78 Å². The van der Waals surface area contributed by atoms with Crippen LogP contribution in [0.3, 0.4) is 0 Å². The number of nitrogens with zero attached hydrogens (tertiary/aromatic N) is 3. The molecular weight excluding hydrogens is 326 g/mol. The van der Waals surface area contributed by atoms with Crippen molar-refractivity contribution in [1.82, 2.24) is 9.88 Å². The average molecular weight is 351 g/mol. The molecule has 1 aromatic carbocycles. The Morgan fingerprint density at radius 3 is 2.92 bits per heavy atom. The van der Waals surface area contributed by atoms with Crippen molar-refractivity contribution in [3.63, 3.8) is 0 Å². The normalized spacial score (nSPS) is 17.3. The van der Waals surface area contributed by atoms with Gasteiger partial charge in [0.1, 0.15) is 5.75 Å². The molecular formula is C21H25N3O2. The minimum Gasteiger partial charge on any atom is -0.493 e. The van der Waals surface area contributed by atoms with Gasteiger partial charge in [0.15, 0.2) is 0 Å². The van der Waals surface area contributed by atoms with E-state index in [2.05, 4.69) is 22.9 Å². The highest BCUT2D eigenvalue weighted by atomic mass is 16.5. The zero-order valence-electron chi connectivity index (χ0n) is 15.3. The van der Waals surface area contributed by atoms with Crippen molar-refractivity contribution in [2.45, 2.75) is 26.2 Å². The summed E-state index contributed by atoms with van der Waals surface area (Å²) in [4.78, 5) is 21.5. The fourth-order valence-electron chi connectivity index (χ4n) is 3.86. The van der Waals surface area contributed by atoms with Crippen LogP contribution in [0.15, 0.2) is 36.7 Å². The second-order valence-electron chi connectivity index (χ2n) is 7.07. The van der Waals surface area contributed by atoms with E-state index in [4.69, 9.17) is 4.74 Å². The van der Waals surface area contributed by atoms with Gasteiger partial charge in [-0.15, -0.1) is 0 Å². The number of carbonyl (C=O) groups is 1. The van der Waals surface area contributed by atoms with Crippen molar-refractivity contribution in [3.8, 4) is 5.75 Å². The summed E-state index contributed by atoms with van der Waals surface area (Å²) in [6.07, 6.45) is 6.73. The summed E-state index contributed by atoms with van der Waals surface area (Å²) in [5.74, 6) is 1.06. The van der Waals surface area contributed by atoms with Crippen LogP contribution in [0.25, 0.3) is 0 Å². The third-order valence-corrected chi connectivity index (χ3v) is 5.27. The fraction of sp³-hybridized carbons (Fsp3) is 0.429.